The van der Waals surface area contributed by atoms with E-state index in [0.29, 0.717) is 18.7 Å². The Bertz CT molecular complexity index is 1260. The maximum Gasteiger partial charge on any atom is 0.223 e. The summed E-state index contributed by atoms with van der Waals surface area (Å²) in [5, 5.41) is 0. The van der Waals surface area contributed by atoms with Gasteiger partial charge in [0.15, 0.2) is 11.7 Å². The molecule has 0 radical (unpaired) electrons. The van der Waals surface area contributed by atoms with Crippen molar-refractivity contribution in [2.75, 3.05) is 20.8 Å². The summed E-state index contributed by atoms with van der Waals surface area (Å²) >= 11 is 0. The number of aromatic nitrogens is 1. The van der Waals surface area contributed by atoms with Gasteiger partial charge in [0.1, 0.15) is 17.2 Å². The number of rotatable bonds is 8. The fourth-order valence-electron chi connectivity index (χ4n) is 4.89. The van der Waals surface area contributed by atoms with Gasteiger partial charge < -0.3 is 18.8 Å². The molecule has 36 heavy (non-hydrogen) atoms. The molecular weight excluding hydrogens is 452 g/mol. The molecule has 0 spiro atoms. The fraction of sp³-hybridized carbons (Fsp3) is 0.267. The molecule has 0 saturated carbocycles. The zero-order valence-corrected chi connectivity index (χ0v) is 20.6. The van der Waals surface area contributed by atoms with E-state index in [1.165, 1.54) is 0 Å². The summed E-state index contributed by atoms with van der Waals surface area (Å²) in [6, 6.07) is 25.8. The Morgan fingerprint density at radius 3 is 2.39 bits per heavy atom. The van der Waals surface area contributed by atoms with Crippen molar-refractivity contribution in [2.45, 2.75) is 31.7 Å². The SMILES string of the molecule is COc1ccc(C2CCCN2C(=O)CCc2nc(-c3ccccc3)c(-c3ccccc3)o2)c(OC)c1. The van der Waals surface area contributed by atoms with Crippen molar-refractivity contribution < 1.29 is 18.7 Å². The zero-order chi connectivity index (χ0) is 24.9. The van der Waals surface area contributed by atoms with Crippen molar-refractivity contribution in [1.82, 2.24) is 9.88 Å². The Balaban J connectivity index is 1.35. The third-order valence-corrected chi connectivity index (χ3v) is 6.68. The minimum Gasteiger partial charge on any atom is -0.497 e. The molecule has 1 fully saturated rings. The first-order chi connectivity index (χ1) is 17.7. The highest BCUT2D eigenvalue weighted by molar-refractivity contribution is 5.78. The number of amides is 1. The lowest BCUT2D eigenvalue weighted by atomic mass is 10.0. The molecule has 2 heterocycles. The van der Waals surface area contributed by atoms with E-state index in [0.717, 1.165) is 59.0 Å². The number of carbonyl (C=O) groups is 1. The van der Waals surface area contributed by atoms with Crippen LogP contribution in [0.25, 0.3) is 22.6 Å². The highest BCUT2D eigenvalue weighted by Crippen LogP contribution is 2.39. The lowest BCUT2D eigenvalue weighted by Crippen LogP contribution is -2.31. The molecule has 6 heteroatoms. The molecule has 1 atom stereocenters. The van der Waals surface area contributed by atoms with Crippen LogP contribution >= 0.6 is 0 Å². The van der Waals surface area contributed by atoms with E-state index in [-0.39, 0.29) is 11.9 Å². The molecule has 1 aliphatic heterocycles. The maximum atomic E-state index is 13.3. The predicted molar refractivity (Wildman–Crippen MR) is 139 cm³/mol. The maximum absolute atomic E-state index is 13.3. The van der Waals surface area contributed by atoms with Crippen LogP contribution in [0.1, 0.15) is 36.8 Å². The van der Waals surface area contributed by atoms with Gasteiger partial charge in [-0.05, 0) is 25.0 Å². The highest BCUT2D eigenvalue weighted by Gasteiger charge is 2.32. The molecule has 5 rings (SSSR count). The standard InChI is InChI=1S/C30H30N2O4/c1-34-23-15-16-24(26(20-23)35-2)25-14-9-19-32(25)28(33)18-17-27-31-29(21-10-5-3-6-11-21)30(36-27)22-12-7-4-8-13-22/h3-8,10-13,15-16,20,25H,9,14,17-19H2,1-2H3. The summed E-state index contributed by atoms with van der Waals surface area (Å²) in [4.78, 5) is 20.1. The van der Waals surface area contributed by atoms with Crippen LogP contribution in [-0.4, -0.2) is 36.6 Å². The minimum absolute atomic E-state index is 0.0114. The highest BCUT2D eigenvalue weighted by atomic mass is 16.5. The minimum atomic E-state index is -0.0114. The van der Waals surface area contributed by atoms with Gasteiger partial charge in [-0.1, -0.05) is 60.7 Å². The monoisotopic (exact) mass is 482 g/mol. The third kappa shape index (κ3) is 4.85. The first kappa shape index (κ1) is 23.7. The van der Waals surface area contributed by atoms with E-state index < -0.39 is 0 Å². The van der Waals surface area contributed by atoms with Crippen LogP contribution in [0.2, 0.25) is 0 Å². The Morgan fingerprint density at radius 1 is 0.972 bits per heavy atom. The molecule has 3 aromatic carbocycles. The van der Waals surface area contributed by atoms with E-state index >= 15 is 0 Å². The Hall–Kier alpha value is -4.06. The summed E-state index contributed by atoms with van der Waals surface area (Å²) in [7, 11) is 3.28. The van der Waals surface area contributed by atoms with E-state index in [2.05, 4.69) is 0 Å². The lowest BCUT2D eigenvalue weighted by molar-refractivity contribution is -0.132. The van der Waals surface area contributed by atoms with Crippen molar-refractivity contribution in [2.24, 2.45) is 0 Å². The summed E-state index contributed by atoms with van der Waals surface area (Å²) in [6.45, 7) is 0.731. The largest absolute Gasteiger partial charge is 0.497 e. The van der Waals surface area contributed by atoms with E-state index in [9.17, 15) is 4.79 Å². The number of hydrogen-bond acceptors (Lipinski definition) is 5. The Morgan fingerprint density at radius 2 is 1.69 bits per heavy atom. The third-order valence-electron chi connectivity index (χ3n) is 6.68. The zero-order valence-electron chi connectivity index (χ0n) is 20.6. The van der Waals surface area contributed by atoms with Crippen LogP contribution in [0.4, 0.5) is 0 Å². The number of ether oxygens (including phenoxy) is 2. The second-order valence-corrected chi connectivity index (χ2v) is 8.87. The van der Waals surface area contributed by atoms with Crippen LogP contribution in [0, 0.1) is 0 Å². The average molecular weight is 483 g/mol. The number of benzene rings is 3. The quantitative estimate of drug-likeness (QED) is 0.294. The molecule has 6 nitrogen and oxygen atoms in total. The van der Waals surface area contributed by atoms with Crippen LogP contribution in [-0.2, 0) is 11.2 Å². The first-order valence-corrected chi connectivity index (χ1v) is 12.3. The molecule has 1 aliphatic rings. The summed E-state index contributed by atoms with van der Waals surface area (Å²) in [5.41, 5.74) is 3.76. The lowest BCUT2D eigenvalue weighted by Gasteiger charge is -2.26. The van der Waals surface area contributed by atoms with Gasteiger partial charge in [0, 0.05) is 42.1 Å². The van der Waals surface area contributed by atoms with Gasteiger partial charge in [0.2, 0.25) is 5.91 Å². The topological polar surface area (TPSA) is 64.8 Å². The van der Waals surface area contributed by atoms with Crippen LogP contribution < -0.4 is 9.47 Å². The summed E-state index contributed by atoms with van der Waals surface area (Å²) in [5.74, 6) is 2.87. The van der Waals surface area contributed by atoms with Crippen molar-refractivity contribution in [3.63, 3.8) is 0 Å². The van der Waals surface area contributed by atoms with Crippen LogP contribution in [0.3, 0.4) is 0 Å². The molecule has 1 amide bonds. The van der Waals surface area contributed by atoms with Crippen molar-refractivity contribution in [3.8, 4) is 34.1 Å². The summed E-state index contributed by atoms with van der Waals surface area (Å²) in [6.07, 6.45) is 2.64. The number of likely N-dealkylation sites (tertiary alicyclic amines) is 1. The van der Waals surface area contributed by atoms with Crippen molar-refractivity contribution in [1.29, 1.82) is 0 Å². The number of aryl methyl sites for hydroxylation is 1. The number of methoxy groups -OCH3 is 2. The predicted octanol–water partition coefficient (Wildman–Crippen LogP) is 6.32. The summed E-state index contributed by atoms with van der Waals surface area (Å²) < 4.78 is 17.2. The molecule has 184 valence electrons. The van der Waals surface area contributed by atoms with Crippen molar-refractivity contribution in [3.05, 3.63) is 90.3 Å². The normalized spacial score (nSPS) is 15.2. The number of hydrogen-bond donors (Lipinski definition) is 0. The van der Waals surface area contributed by atoms with Crippen molar-refractivity contribution >= 4 is 5.91 Å². The van der Waals surface area contributed by atoms with Crippen LogP contribution in [0.5, 0.6) is 11.5 Å². The second kappa shape index (κ2) is 10.7. The molecule has 0 N–H and O–H groups in total. The van der Waals surface area contributed by atoms with E-state index in [1.54, 1.807) is 14.2 Å². The molecule has 0 aliphatic carbocycles. The number of carbonyl (C=O) groups excluding carboxylic acids is 1. The van der Waals surface area contributed by atoms with Gasteiger partial charge >= 0.3 is 0 Å². The van der Waals surface area contributed by atoms with Crippen LogP contribution in [0.15, 0.2) is 83.3 Å². The van der Waals surface area contributed by atoms with Gasteiger partial charge in [-0.3, -0.25) is 4.79 Å². The molecular formula is C30H30N2O4. The van der Waals surface area contributed by atoms with Gasteiger partial charge in [-0.15, -0.1) is 0 Å². The molecule has 1 unspecified atom stereocenters. The molecule has 1 aromatic heterocycles. The number of nitrogens with zero attached hydrogens (tertiary/aromatic N) is 2. The fourth-order valence-corrected chi connectivity index (χ4v) is 4.89. The smallest absolute Gasteiger partial charge is 0.223 e. The second-order valence-electron chi connectivity index (χ2n) is 8.87. The van der Waals surface area contributed by atoms with Gasteiger partial charge in [0.05, 0.1) is 20.3 Å². The van der Waals surface area contributed by atoms with Gasteiger partial charge in [-0.25, -0.2) is 4.98 Å². The van der Waals surface area contributed by atoms with E-state index in [4.69, 9.17) is 18.9 Å². The first-order valence-electron chi connectivity index (χ1n) is 12.3. The van der Waals surface area contributed by atoms with Gasteiger partial charge in [0.25, 0.3) is 0 Å². The van der Waals surface area contributed by atoms with E-state index in [1.807, 2.05) is 83.8 Å². The Kier molecular flexibility index (Phi) is 7.03. The molecule has 0 bridgehead atoms. The Labute approximate surface area is 211 Å². The molecule has 1 saturated heterocycles. The number of oxazole rings is 1. The van der Waals surface area contributed by atoms with Gasteiger partial charge in [-0.2, -0.15) is 0 Å². The molecule has 4 aromatic rings. The average Bonchev–Trinajstić information content (AvgIpc) is 3.60.